The van der Waals surface area contributed by atoms with E-state index in [0.29, 0.717) is 28.6 Å². The van der Waals surface area contributed by atoms with E-state index in [1.807, 2.05) is 19.1 Å². The van der Waals surface area contributed by atoms with Crippen molar-refractivity contribution in [2.45, 2.75) is 26.7 Å². The molecule has 0 saturated carbocycles. The van der Waals surface area contributed by atoms with Gasteiger partial charge in [0, 0.05) is 29.3 Å². The highest BCUT2D eigenvalue weighted by Gasteiger charge is 2.10. The molecule has 0 fully saturated rings. The van der Waals surface area contributed by atoms with Crippen LogP contribution in [-0.2, 0) is 4.79 Å². The number of aromatic nitrogens is 1. The summed E-state index contributed by atoms with van der Waals surface area (Å²) < 4.78 is 5.72. The van der Waals surface area contributed by atoms with E-state index in [9.17, 15) is 9.59 Å². The van der Waals surface area contributed by atoms with Gasteiger partial charge in [-0.05, 0) is 60.4 Å². The smallest absolute Gasteiger partial charge is 0.262 e. The minimum absolute atomic E-state index is 0.115. The van der Waals surface area contributed by atoms with Crippen LogP contribution in [0.3, 0.4) is 0 Å². The Morgan fingerprint density at radius 3 is 2.47 bits per heavy atom. The van der Waals surface area contributed by atoms with Crippen molar-refractivity contribution in [2.75, 3.05) is 17.2 Å². The molecule has 0 aliphatic heterocycles. The number of nitrogens with one attached hydrogen (secondary N) is 2. The second kappa shape index (κ2) is 9.69. The highest BCUT2D eigenvalue weighted by atomic mass is 16.5. The van der Waals surface area contributed by atoms with Crippen LogP contribution >= 0.6 is 0 Å². The van der Waals surface area contributed by atoms with Crippen LogP contribution in [0.1, 0.15) is 41.3 Å². The predicted octanol–water partition coefficient (Wildman–Crippen LogP) is 4.78. The fourth-order valence-corrected chi connectivity index (χ4v) is 2.85. The summed E-state index contributed by atoms with van der Waals surface area (Å²) in [5.41, 5.74) is 3.74. The second-order valence-corrected chi connectivity index (χ2v) is 7.29. The lowest BCUT2D eigenvalue weighted by atomic mass is 10.0. The van der Waals surface area contributed by atoms with Gasteiger partial charge in [-0.1, -0.05) is 32.0 Å². The second-order valence-electron chi connectivity index (χ2n) is 7.29. The zero-order chi connectivity index (χ0) is 21.5. The molecule has 2 amide bonds. The Bertz CT molecular complexity index is 1030. The number of hydrogen-bond donors (Lipinski definition) is 2. The Morgan fingerprint density at radius 1 is 0.967 bits per heavy atom. The van der Waals surface area contributed by atoms with Crippen molar-refractivity contribution in [3.05, 3.63) is 83.7 Å². The maximum Gasteiger partial charge on any atom is 0.262 e. The number of carbonyl (C=O) groups excluding carboxylic acids is 2. The van der Waals surface area contributed by atoms with Gasteiger partial charge in [0.1, 0.15) is 5.75 Å². The van der Waals surface area contributed by atoms with Crippen LogP contribution < -0.4 is 15.4 Å². The first-order valence-corrected chi connectivity index (χ1v) is 9.77. The van der Waals surface area contributed by atoms with E-state index < -0.39 is 0 Å². The van der Waals surface area contributed by atoms with E-state index in [1.165, 1.54) is 0 Å². The van der Waals surface area contributed by atoms with Gasteiger partial charge < -0.3 is 15.4 Å². The molecule has 0 atom stereocenters. The summed E-state index contributed by atoms with van der Waals surface area (Å²) in [6.45, 7) is 6.05. The van der Waals surface area contributed by atoms with Gasteiger partial charge in [0.05, 0.1) is 0 Å². The summed E-state index contributed by atoms with van der Waals surface area (Å²) in [5.74, 6) is 0.510. The molecule has 0 aliphatic carbocycles. The summed E-state index contributed by atoms with van der Waals surface area (Å²) >= 11 is 0. The molecule has 0 radical (unpaired) electrons. The van der Waals surface area contributed by atoms with Crippen LogP contribution in [0.4, 0.5) is 11.4 Å². The molecule has 2 aromatic carbocycles. The predicted molar refractivity (Wildman–Crippen MR) is 118 cm³/mol. The largest absolute Gasteiger partial charge is 0.483 e. The molecule has 0 aliphatic rings. The maximum atomic E-state index is 12.4. The van der Waals surface area contributed by atoms with Crippen LogP contribution in [0.25, 0.3) is 0 Å². The molecule has 154 valence electrons. The molecule has 0 bridgehead atoms. The monoisotopic (exact) mass is 403 g/mol. The zero-order valence-electron chi connectivity index (χ0n) is 17.3. The van der Waals surface area contributed by atoms with Gasteiger partial charge in [0.15, 0.2) is 6.61 Å². The van der Waals surface area contributed by atoms with Crippen molar-refractivity contribution >= 4 is 23.2 Å². The van der Waals surface area contributed by atoms with E-state index in [4.69, 9.17) is 4.74 Å². The van der Waals surface area contributed by atoms with Crippen molar-refractivity contribution in [3.63, 3.8) is 0 Å². The first-order chi connectivity index (χ1) is 14.4. The summed E-state index contributed by atoms with van der Waals surface area (Å²) in [6.07, 6.45) is 3.20. The number of nitrogens with zero attached hydrogens (tertiary/aromatic N) is 1. The number of carbonyl (C=O) groups is 2. The van der Waals surface area contributed by atoms with Gasteiger partial charge in [-0.15, -0.1) is 0 Å². The van der Waals surface area contributed by atoms with Gasteiger partial charge in [0.25, 0.3) is 11.8 Å². The van der Waals surface area contributed by atoms with Crippen LogP contribution in [0.15, 0.2) is 67.0 Å². The summed E-state index contributed by atoms with van der Waals surface area (Å²) in [4.78, 5) is 28.7. The molecular formula is C24H25N3O3. The van der Waals surface area contributed by atoms with Gasteiger partial charge in [-0.3, -0.25) is 14.6 Å². The van der Waals surface area contributed by atoms with Crippen molar-refractivity contribution in [1.29, 1.82) is 0 Å². The number of aryl methyl sites for hydroxylation is 1. The molecule has 0 spiro atoms. The molecule has 0 saturated heterocycles. The Labute approximate surface area is 176 Å². The molecule has 6 nitrogen and oxygen atoms in total. The van der Waals surface area contributed by atoms with Gasteiger partial charge >= 0.3 is 0 Å². The van der Waals surface area contributed by atoms with Crippen LogP contribution in [0, 0.1) is 6.92 Å². The molecule has 6 heteroatoms. The lowest BCUT2D eigenvalue weighted by Crippen LogP contribution is -2.21. The fraction of sp³-hybridized carbons (Fsp3) is 0.208. The van der Waals surface area contributed by atoms with Gasteiger partial charge in [-0.2, -0.15) is 0 Å². The van der Waals surface area contributed by atoms with E-state index in [-0.39, 0.29) is 18.4 Å². The number of ether oxygens (including phenoxy) is 1. The minimum atomic E-state index is -0.295. The molecule has 1 heterocycles. The Kier molecular flexibility index (Phi) is 6.80. The van der Waals surface area contributed by atoms with E-state index in [2.05, 4.69) is 35.5 Å². The third-order valence-electron chi connectivity index (χ3n) is 4.58. The molecule has 3 aromatic rings. The first-order valence-electron chi connectivity index (χ1n) is 9.77. The van der Waals surface area contributed by atoms with Crippen molar-refractivity contribution in [2.24, 2.45) is 0 Å². The van der Waals surface area contributed by atoms with E-state index in [1.54, 1.807) is 48.8 Å². The lowest BCUT2D eigenvalue weighted by Gasteiger charge is -2.13. The molecular weight excluding hydrogens is 378 g/mol. The number of hydrogen-bond acceptors (Lipinski definition) is 4. The first kappa shape index (κ1) is 21.0. The SMILES string of the molecule is Cc1ccc(C(C)C)cc1OCC(=O)Nc1cccc(C(=O)Nc2ccncc2)c1. The average molecular weight is 403 g/mol. The quantitative estimate of drug-likeness (QED) is 0.595. The summed E-state index contributed by atoms with van der Waals surface area (Å²) in [7, 11) is 0. The topological polar surface area (TPSA) is 80.3 Å². The van der Waals surface area contributed by atoms with Crippen LogP contribution in [0.5, 0.6) is 5.75 Å². The Hall–Kier alpha value is -3.67. The minimum Gasteiger partial charge on any atom is -0.483 e. The highest BCUT2D eigenvalue weighted by molar-refractivity contribution is 6.05. The van der Waals surface area contributed by atoms with Gasteiger partial charge in [-0.25, -0.2) is 0 Å². The average Bonchev–Trinajstić information content (AvgIpc) is 2.74. The Morgan fingerprint density at radius 2 is 1.73 bits per heavy atom. The number of anilines is 2. The fourth-order valence-electron chi connectivity index (χ4n) is 2.85. The van der Waals surface area contributed by atoms with Crippen molar-refractivity contribution < 1.29 is 14.3 Å². The van der Waals surface area contributed by atoms with Crippen molar-refractivity contribution in [1.82, 2.24) is 4.98 Å². The standard InChI is InChI=1S/C24H25N3O3/c1-16(2)18-8-7-17(3)22(14-18)30-15-23(28)26-21-6-4-5-19(13-21)24(29)27-20-9-11-25-12-10-20/h4-14,16H,15H2,1-3H3,(H,26,28)(H,25,27,29). The number of pyridine rings is 1. The van der Waals surface area contributed by atoms with Crippen molar-refractivity contribution in [3.8, 4) is 5.75 Å². The Balaban J connectivity index is 1.60. The van der Waals surface area contributed by atoms with E-state index in [0.717, 1.165) is 11.1 Å². The maximum absolute atomic E-state index is 12.4. The third kappa shape index (κ3) is 5.67. The number of rotatable bonds is 7. The third-order valence-corrected chi connectivity index (χ3v) is 4.58. The van der Waals surface area contributed by atoms with Crippen LogP contribution in [-0.4, -0.2) is 23.4 Å². The number of amides is 2. The van der Waals surface area contributed by atoms with Crippen LogP contribution in [0.2, 0.25) is 0 Å². The molecule has 2 N–H and O–H groups in total. The highest BCUT2D eigenvalue weighted by Crippen LogP contribution is 2.24. The molecule has 3 rings (SSSR count). The zero-order valence-corrected chi connectivity index (χ0v) is 17.3. The van der Waals surface area contributed by atoms with Gasteiger partial charge in [0.2, 0.25) is 0 Å². The normalized spacial score (nSPS) is 10.5. The summed E-state index contributed by atoms with van der Waals surface area (Å²) in [5, 5.41) is 5.56. The molecule has 0 unspecified atom stereocenters. The summed E-state index contributed by atoms with van der Waals surface area (Å²) in [6, 6.07) is 16.2. The van der Waals surface area contributed by atoms with E-state index >= 15 is 0 Å². The molecule has 1 aromatic heterocycles. The molecule has 30 heavy (non-hydrogen) atoms. The number of benzene rings is 2. The lowest BCUT2D eigenvalue weighted by molar-refractivity contribution is -0.118.